The Morgan fingerprint density at radius 3 is 2.67 bits per heavy atom. The van der Waals surface area contributed by atoms with Crippen molar-refractivity contribution in [3.05, 3.63) is 0 Å². The maximum absolute atomic E-state index is 6.28. The molecule has 15 heavy (non-hydrogen) atoms. The zero-order valence-electron chi connectivity index (χ0n) is 9.59. The topological polar surface area (TPSA) is 9.23 Å². The number of ether oxygens (including phenoxy) is 1. The van der Waals surface area contributed by atoms with Gasteiger partial charge in [-0.3, -0.25) is 0 Å². The molecule has 1 aliphatic carbocycles. The summed E-state index contributed by atoms with van der Waals surface area (Å²) in [5.74, 6) is 0.874. The molecule has 1 nitrogen and oxygen atoms in total. The van der Waals surface area contributed by atoms with E-state index >= 15 is 0 Å². The van der Waals surface area contributed by atoms with Gasteiger partial charge >= 0.3 is 0 Å². The first-order chi connectivity index (χ1) is 7.34. The first kappa shape index (κ1) is 11.7. The second kappa shape index (κ2) is 6.10. The van der Waals surface area contributed by atoms with Gasteiger partial charge in [-0.2, -0.15) is 0 Å². The van der Waals surface area contributed by atoms with E-state index in [-0.39, 0.29) is 0 Å². The van der Waals surface area contributed by atoms with Crippen LogP contribution in [0.4, 0.5) is 0 Å². The molecule has 0 bridgehead atoms. The molecule has 3 unspecified atom stereocenters. The van der Waals surface area contributed by atoms with Crippen LogP contribution in [0.15, 0.2) is 0 Å². The molecule has 2 fully saturated rings. The second-order valence-electron chi connectivity index (χ2n) is 5.20. The molecule has 0 spiro atoms. The predicted molar refractivity (Wildman–Crippen MR) is 64.4 cm³/mol. The average molecular weight is 231 g/mol. The van der Waals surface area contributed by atoms with Gasteiger partial charge in [0.15, 0.2) is 0 Å². The van der Waals surface area contributed by atoms with Gasteiger partial charge in [0.2, 0.25) is 0 Å². The van der Waals surface area contributed by atoms with Crippen LogP contribution >= 0.6 is 11.6 Å². The molecule has 2 aliphatic rings. The number of hydrogen-bond acceptors (Lipinski definition) is 1. The van der Waals surface area contributed by atoms with Crippen molar-refractivity contribution >= 4 is 11.6 Å². The van der Waals surface area contributed by atoms with Gasteiger partial charge in [-0.1, -0.05) is 19.3 Å². The number of halogens is 1. The Hall–Kier alpha value is 0.250. The van der Waals surface area contributed by atoms with Crippen LogP contribution in [0.25, 0.3) is 0 Å². The molecule has 3 atom stereocenters. The molecule has 1 saturated heterocycles. The van der Waals surface area contributed by atoms with Crippen LogP contribution in [0.3, 0.4) is 0 Å². The van der Waals surface area contributed by atoms with Crippen LogP contribution in [0.2, 0.25) is 0 Å². The normalized spacial score (nSPS) is 37.8. The molecule has 0 N–H and O–H groups in total. The lowest BCUT2D eigenvalue weighted by Crippen LogP contribution is -2.11. The van der Waals surface area contributed by atoms with Gasteiger partial charge in [0.25, 0.3) is 0 Å². The fourth-order valence-electron chi connectivity index (χ4n) is 2.95. The molecule has 0 aromatic carbocycles. The van der Waals surface area contributed by atoms with E-state index in [0.29, 0.717) is 11.5 Å². The second-order valence-corrected chi connectivity index (χ2v) is 5.81. The van der Waals surface area contributed by atoms with Crippen LogP contribution in [0.1, 0.15) is 57.8 Å². The van der Waals surface area contributed by atoms with E-state index in [1.807, 2.05) is 0 Å². The van der Waals surface area contributed by atoms with E-state index in [0.717, 1.165) is 12.5 Å². The first-order valence-electron chi connectivity index (χ1n) is 6.60. The Bertz CT molecular complexity index is 177. The van der Waals surface area contributed by atoms with Gasteiger partial charge in [0.1, 0.15) is 0 Å². The van der Waals surface area contributed by atoms with Gasteiger partial charge in [0.05, 0.1) is 6.10 Å². The van der Waals surface area contributed by atoms with Crippen molar-refractivity contribution in [1.29, 1.82) is 0 Å². The highest BCUT2D eigenvalue weighted by Gasteiger charge is 2.21. The summed E-state index contributed by atoms with van der Waals surface area (Å²) < 4.78 is 5.67. The molecule has 1 saturated carbocycles. The van der Waals surface area contributed by atoms with E-state index in [9.17, 15) is 0 Å². The molecule has 0 aromatic heterocycles. The van der Waals surface area contributed by atoms with Crippen LogP contribution in [0.5, 0.6) is 0 Å². The minimum atomic E-state index is 0.446. The van der Waals surface area contributed by atoms with Crippen molar-refractivity contribution in [1.82, 2.24) is 0 Å². The Labute approximate surface area is 98.5 Å². The molecule has 88 valence electrons. The van der Waals surface area contributed by atoms with Crippen molar-refractivity contribution in [2.24, 2.45) is 5.92 Å². The first-order valence-corrected chi connectivity index (χ1v) is 7.04. The third-order valence-electron chi connectivity index (χ3n) is 3.89. The van der Waals surface area contributed by atoms with Crippen LogP contribution in [-0.2, 0) is 4.74 Å². The summed E-state index contributed by atoms with van der Waals surface area (Å²) >= 11 is 6.28. The van der Waals surface area contributed by atoms with Crippen molar-refractivity contribution in [3.63, 3.8) is 0 Å². The monoisotopic (exact) mass is 230 g/mol. The van der Waals surface area contributed by atoms with E-state index < -0.39 is 0 Å². The minimum Gasteiger partial charge on any atom is -0.378 e. The van der Waals surface area contributed by atoms with Gasteiger partial charge in [-0.15, -0.1) is 11.6 Å². The molecule has 2 heteroatoms. The fourth-order valence-corrected chi connectivity index (χ4v) is 3.36. The molecule has 1 heterocycles. The highest BCUT2D eigenvalue weighted by Crippen LogP contribution is 2.31. The number of hydrogen-bond donors (Lipinski definition) is 0. The smallest absolute Gasteiger partial charge is 0.0576 e. The lowest BCUT2D eigenvalue weighted by Gasteiger charge is -2.18. The molecular formula is C13H23ClO. The summed E-state index contributed by atoms with van der Waals surface area (Å²) in [4.78, 5) is 0. The lowest BCUT2D eigenvalue weighted by atomic mass is 9.93. The quantitative estimate of drug-likeness (QED) is 0.523. The summed E-state index contributed by atoms with van der Waals surface area (Å²) in [5.41, 5.74) is 0. The van der Waals surface area contributed by atoms with Crippen molar-refractivity contribution in [3.8, 4) is 0 Å². The van der Waals surface area contributed by atoms with Crippen LogP contribution in [-0.4, -0.2) is 18.1 Å². The predicted octanol–water partition coefficient (Wildman–Crippen LogP) is 4.13. The van der Waals surface area contributed by atoms with Gasteiger partial charge < -0.3 is 4.74 Å². The third kappa shape index (κ3) is 3.96. The van der Waals surface area contributed by atoms with E-state index in [2.05, 4.69) is 0 Å². The molecular weight excluding hydrogens is 208 g/mol. The average Bonchev–Trinajstić information content (AvgIpc) is 2.65. The Morgan fingerprint density at radius 2 is 1.87 bits per heavy atom. The van der Waals surface area contributed by atoms with E-state index in [1.165, 1.54) is 57.8 Å². The summed E-state index contributed by atoms with van der Waals surface area (Å²) in [6.45, 7) is 0.994. The van der Waals surface area contributed by atoms with Gasteiger partial charge in [-0.05, 0) is 44.4 Å². The molecule has 1 aliphatic heterocycles. The van der Waals surface area contributed by atoms with E-state index in [4.69, 9.17) is 16.3 Å². The highest BCUT2D eigenvalue weighted by molar-refractivity contribution is 6.20. The van der Waals surface area contributed by atoms with E-state index in [1.54, 1.807) is 0 Å². The van der Waals surface area contributed by atoms with Crippen molar-refractivity contribution in [2.75, 3.05) is 6.61 Å². The zero-order valence-corrected chi connectivity index (χ0v) is 10.3. The summed E-state index contributed by atoms with van der Waals surface area (Å²) in [7, 11) is 0. The summed E-state index contributed by atoms with van der Waals surface area (Å²) in [6.07, 6.45) is 12.3. The molecule has 0 amide bonds. The molecule has 0 aromatic rings. The van der Waals surface area contributed by atoms with Crippen molar-refractivity contribution in [2.45, 2.75) is 69.3 Å². The number of rotatable bonds is 3. The summed E-state index contributed by atoms with van der Waals surface area (Å²) in [5, 5.41) is 0.446. The SMILES string of the molecule is ClC1CCCCC(CCC2CCCO2)C1. The summed E-state index contributed by atoms with van der Waals surface area (Å²) in [6, 6.07) is 0. The van der Waals surface area contributed by atoms with Crippen LogP contribution < -0.4 is 0 Å². The Kier molecular flexibility index (Phi) is 4.77. The molecule has 0 radical (unpaired) electrons. The van der Waals surface area contributed by atoms with Crippen LogP contribution in [0, 0.1) is 5.92 Å². The van der Waals surface area contributed by atoms with Gasteiger partial charge in [-0.25, -0.2) is 0 Å². The van der Waals surface area contributed by atoms with Gasteiger partial charge in [0, 0.05) is 12.0 Å². The standard InChI is InChI=1S/C13H23ClO/c14-12-5-2-1-4-11(10-12)7-8-13-6-3-9-15-13/h11-13H,1-10H2. The minimum absolute atomic E-state index is 0.446. The molecule has 2 rings (SSSR count). The number of alkyl halides is 1. The maximum atomic E-state index is 6.28. The Balaban J connectivity index is 1.67. The maximum Gasteiger partial charge on any atom is 0.0576 e. The third-order valence-corrected chi connectivity index (χ3v) is 4.29. The largest absolute Gasteiger partial charge is 0.378 e. The zero-order chi connectivity index (χ0) is 10.5. The Morgan fingerprint density at radius 1 is 1.00 bits per heavy atom. The van der Waals surface area contributed by atoms with Crippen molar-refractivity contribution < 1.29 is 4.74 Å². The lowest BCUT2D eigenvalue weighted by molar-refractivity contribution is 0.0973. The highest BCUT2D eigenvalue weighted by atomic mass is 35.5. The fraction of sp³-hybridized carbons (Fsp3) is 1.00.